The molecule has 1 fully saturated rings. The van der Waals surface area contributed by atoms with Crippen molar-refractivity contribution in [3.05, 3.63) is 29.0 Å². The van der Waals surface area contributed by atoms with Crippen LogP contribution in [0.4, 0.5) is 4.39 Å². The molecule has 0 N–H and O–H groups in total. The van der Waals surface area contributed by atoms with Gasteiger partial charge in [-0.2, -0.15) is 0 Å². The number of amides is 1. The monoisotopic (exact) mass is 299 g/mol. The van der Waals surface area contributed by atoms with Crippen LogP contribution < -0.4 is 4.74 Å². The molecule has 1 aromatic carbocycles. The van der Waals surface area contributed by atoms with Crippen LogP contribution in [0.15, 0.2) is 18.2 Å². The summed E-state index contributed by atoms with van der Waals surface area (Å²) < 4.78 is 18.3. The van der Waals surface area contributed by atoms with Crippen LogP contribution in [-0.2, 0) is 4.79 Å². The van der Waals surface area contributed by atoms with E-state index in [9.17, 15) is 9.18 Å². The maximum absolute atomic E-state index is 12.9. The van der Waals surface area contributed by atoms with Crippen molar-refractivity contribution < 1.29 is 13.9 Å². The molecule has 0 aliphatic carbocycles. The lowest BCUT2D eigenvalue weighted by atomic mass is 9.97. The number of benzene rings is 1. The Kier molecular flexibility index (Phi) is 4.86. The summed E-state index contributed by atoms with van der Waals surface area (Å²) in [5.41, 5.74) is 0. The van der Waals surface area contributed by atoms with E-state index < -0.39 is 5.82 Å². The number of likely N-dealkylation sites (tertiary alicyclic amines) is 1. The van der Waals surface area contributed by atoms with Crippen molar-refractivity contribution in [1.29, 1.82) is 0 Å². The van der Waals surface area contributed by atoms with E-state index in [-0.39, 0.29) is 29.6 Å². The van der Waals surface area contributed by atoms with Crippen molar-refractivity contribution >= 4 is 17.5 Å². The third-order valence-electron chi connectivity index (χ3n) is 3.73. The van der Waals surface area contributed by atoms with E-state index in [1.54, 1.807) is 0 Å². The van der Waals surface area contributed by atoms with E-state index in [2.05, 4.69) is 13.8 Å². The van der Waals surface area contributed by atoms with Gasteiger partial charge in [0.05, 0.1) is 5.02 Å². The SMILES string of the molecule is C[C@@H]1CCC[C@@H](C)N1C(=O)COc1ccc(F)cc1Cl. The predicted octanol–water partition coefficient (Wildman–Crippen LogP) is 3.65. The van der Waals surface area contributed by atoms with Gasteiger partial charge in [0.15, 0.2) is 6.61 Å². The largest absolute Gasteiger partial charge is 0.482 e. The summed E-state index contributed by atoms with van der Waals surface area (Å²) in [6.07, 6.45) is 3.19. The van der Waals surface area contributed by atoms with E-state index in [1.807, 2.05) is 4.90 Å². The van der Waals surface area contributed by atoms with Crippen LogP contribution in [0.2, 0.25) is 5.02 Å². The van der Waals surface area contributed by atoms with Gasteiger partial charge in [-0.3, -0.25) is 4.79 Å². The number of rotatable bonds is 3. The zero-order chi connectivity index (χ0) is 14.7. The van der Waals surface area contributed by atoms with Gasteiger partial charge in [-0.25, -0.2) is 4.39 Å². The first-order valence-corrected chi connectivity index (χ1v) is 7.26. The molecule has 1 heterocycles. The quantitative estimate of drug-likeness (QED) is 0.852. The molecule has 0 bridgehead atoms. The van der Waals surface area contributed by atoms with Crippen molar-refractivity contribution in [3.8, 4) is 5.75 Å². The third kappa shape index (κ3) is 3.42. The van der Waals surface area contributed by atoms with E-state index in [0.717, 1.165) is 19.3 Å². The van der Waals surface area contributed by atoms with E-state index in [0.29, 0.717) is 5.75 Å². The molecule has 3 nitrogen and oxygen atoms in total. The summed E-state index contributed by atoms with van der Waals surface area (Å²) in [6, 6.07) is 4.34. The molecule has 0 saturated carbocycles. The van der Waals surface area contributed by atoms with Gasteiger partial charge in [0.25, 0.3) is 5.91 Å². The zero-order valence-corrected chi connectivity index (χ0v) is 12.5. The van der Waals surface area contributed by atoms with Crippen molar-refractivity contribution in [2.45, 2.75) is 45.2 Å². The van der Waals surface area contributed by atoms with Crippen LogP contribution >= 0.6 is 11.6 Å². The number of hydrogen-bond acceptors (Lipinski definition) is 2. The maximum atomic E-state index is 12.9. The highest BCUT2D eigenvalue weighted by atomic mass is 35.5. The molecule has 5 heteroatoms. The van der Waals surface area contributed by atoms with Gasteiger partial charge in [-0.1, -0.05) is 11.6 Å². The first kappa shape index (κ1) is 15.1. The van der Waals surface area contributed by atoms with Gasteiger partial charge < -0.3 is 9.64 Å². The molecule has 2 atom stereocenters. The highest BCUT2D eigenvalue weighted by Gasteiger charge is 2.29. The van der Waals surface area contributed by atoms with Gasteiger partial charge in [-0.05, 0) is 51.3 Å². The number of carbonyl (C=O) groups excluding carboxylic acids is 1. The second kappa shape index (κ2) is 6.44. The van der Waals surface area contributed by atoms with Gasteiger partial charge in [0.2, 0.25) is 0 Å². The molecule has 0 unspecified atom stereocenters. The van der Waals surface area contributed by atoms with Gasteiger partial charge in [0, 0.05) is 12.1 Å². The molecular weight excluding hydrogens is 281 g/mol. The Labute approximate surface area is 123 Å². The highest BCUT2D eigenvalue weighted by Crippen LogP contribution is 2.26. The topological polar surface area (TPSA) is 29.5 Å². The molecule has 0 radical (unpaired) electrons. The fourth-order valence-corrected chi connectivity index (χ4v) is 2.94. The number of piperidine rings is 1. The van der Waals surface area contributed by atoms with E-state index in [4.69, 9.17) is 16.3 Å². The standard InChI is InChI=1S/C15H19ClFNO2/c1-10-4-3-5-11(2)18(10)15(19)9-20-14-7-6-12(17)8-13(14)16/h6-8,10-11H,3-5,9H2,1-2H3/t10-,11-/m1/s1. The van der Waals surface area contributed by atoms with Crippen molar-refractivity contribution in [3.63, 3.8) is 0 Å². The molecule has 2 rings (SSSR count). The number of hydrogen-bond donors (Lipinski definition) is 0. The number of nitrogens with zero attached hydrogens (tertiary/aromatic N) is 1. The van der Waals surface area contributed by atoms with Gasteiger partial charge in [0.1, 0.15) is 11.6 Å². The van der Waals surface area contributed by atoms with Crippen LogP contribution in [0.25, 0.3) is 0 Å². The summed E-state index contributed by atoms with van der Waals surface area (Å²) in [5.74, 6) is -0.143. The van der Waals surface area contributed by atoms with Crippen LogP contribution in [0, 0.1) is 5.82 Å². The zero-order valence-electron chi connectivity index (χ0n) is 11.7. The summed E-state index contributed by atoms with van der Waals surface area (Å²) in [6.45, 7) is 4.04. The van der Waals surface area contributed by atoms with Crippen LogP contribution in [0.3, 0.4) is 0 Å². The Balaban J connectivity index is 1.97. The number of ether oxygens (including phenoxy) is 1. The molecule has 1 saturated heterocycles. The highest BCUT2D eigenvalue weighted by molar-refractivity contribution is 6.32. The fraction of sp³-hybridized carbons (Fsp3) is 0.533. The van der Waals surface area contributed by atoms with Gasteiger partial charge in [-0.15, -0.1) is 0 Å². The molecule has 20 heavy (non-hydrogen) atoms. The number of halogens is 2. The number of carbonyl (C=O) groups is 1. The Bertz CT molecular complexity index is 485. The summed E-state index contributed by atoms with van der Waals surface area (Å²) in [7, 11) is 0. The lowest BCUT2D eigenvalue weighted by Crippen LogP contribution is -2.49. The molecule has 0 spiro atoms. The van der Waals surface area contributed by atoms with Crippen molar-refractivity contribution in [1.82, 2.24) is 4.90 Å². The molecular formula is C15H19ClFNO2. The van der Waals surface area contributed by atoms with Crippen LogP contribution in [0.5, 0.6) is 5.75 Å². The van der Waals surface area contributed by atoms with E-state index >= 15 is 0 Å². The lowest BCUT2D eigenvalue weighted by Gasteiger charge is -2.39. The summed E-state index contributed by atoms with van der Waals surface area (Å²) >= 11 is 5.87. The maximum Gasteiger partial charge on any atom is 0.260 e. The van der Waals surface area contributed by atoms with Crippen LogP contribution in [-0.4, -0.2) is 29.5 Å². The smallest absolute Gasteiger partial charge is 0.260 e. The predicted molar refractivity (Wildman–Crippen MR) is 76.5 cm³/mol. The summed E-state index contributed by atoms with van der Waals surface area (Å²) in [5, 5.41) is 0.178. The second-order valence-electron chi connectivity index (χ2n) is 5.29. The van der Waals surface area contributed by atoms with Crippen molar-refractivity contribution in [2.24, 2.45) is 0 Å². The molecule has 1 aromatic rings. The molecule has 0 aromatic heterocycles. The van der Waals surface area contributed by atoms with Crippen molar-refractivity contribution in [2.75, 3.05) is 6.61 Å². The van der Waals surface area contributed by atoms with E-state index in [1.165, 1.54) is 18.2 Å². The minimum atomic E-state index is -0.424. The second-order valence-corrected chi connectivity index (χ2v) is 5.70. The minimum absolute atomic E-state index is 0.0508. The van der Waals surface area contributed by atoms with Gasteiger partial charge >= 0.3 is 0 Å². The molecule has 110 valence electrons. The first-order valence-electron chi connectivity index (χ1n) is 6.88. The Morgan fingerprint density at radius 3 is 2.65 bits per heavy atom. The minimum Gasteiger partial charge on any atom is -0.482 e. The average molecular weight is 300 g/mol. The normalized spacial score (nSPS) is 22.7. The Hall–Kier alpha value is -1.29. The Morgan fingerprint density at radius 1 is 1.40 bits per heavy atom. The Morgan fingerprint density at radius 2 is 2.05 bits per heavy atom. The fourth-order valence-electron chi connectivity index (χ4n) is 2.72. The molecule has 1 aliphatic heterocycles. The first-order chi connectivity index (χ1) is 9.49. The molecule has 1 amide bonds. The summed E-state index contributed by atoms with van der Waals surface area (Å²) in [4.78, 5) is 14.1. The third-order valence-corrected chi connectivity index (χ3v) is 4.02. The lowest BCUT2D eigenvalue weighted by molar-refractivity contribution is -0.139. The molecule has 1 aliphatic rings. The van der Waals surface area contributed by atoms with Crippen LogP contribution in [0.1, 0.15) is 33.1 Å². The average Bonchev–Trinajstić information content (AvgIpc) is 2.37.